The van der Waals surface area contributed by atoms with E-state index in [1.54, 1.807) is 21.3 Å². The number of ether oxygens (including phenoxy) is 7. The summed E-state index contributed by atoms with van der Waals surface area (Å²) in [5.41, 5.74) is 0. The summed E-state index contributed by atoms with van der Waals surface area (Å²) in [6.45, 7) is 3.65. The standard InChI is InChI=1S/C18H30O8/c1-16(2)23-11-10(19)12-15(13(20-3)14(11)24-16)26-18(22-5)9-7-6-8-17(18,21-4)25-12/h10-15,19H,6-9H2,1-5H3/t10-,11-,12-,13+,14-,15+,17+,18+/m0/s1. The lowest BCUT2D eigenvalue weighted by atomic mass is 9.79. The molecular weight excluding hydrogens is 344 g/mol. The average Bonchev–Trinajstić information content (AvgIpc) is 2.96. The molecule has 2 aliphatic heterocycles. The van der Waals surface area contributed by atoms with E-state index in [-0.39, 0.29) is 0 Å². The Morgan fingerprint density at radius 2 is 1.23 bits per heavy atom. The highest BCUT2D eigenvalue weighted by molar-refractivity contribution is 5.10. The van der Waals surface area contributed by atoms with E-state index >= 15 is 0 Å². The highest BCUT2D eigenvalue weighted by atomic mass is 16.8. The van der Waals surface area contributed by atoms with Crippen molar-refractivity contribution >= 4 is 0 Å². The monoisotopic (exact) mass is 374 g/mol. The number of aliphatic hydroxyl groups excluding tert-OH is 1. The molecule has 8 nitrogen and oxygen atoms in total. The number of methoxy groups -OCH3 is 3. The van der Waals surface area contributed by atoms with Crippen molar-refractivity contribution in [1.82, 2.24) is 0 Å². The Bertz CT molecular complexity index is 541. The predicted octanol–water partition coefficient (Wildman–Crippen LogP) is 0.939. The van der Waals surface area contributed by atoms with Crippen LogP contribution >= 0.6 is 0 Å². The largest absolute Gasteiger partial charge is 0.387 e. The summed E-state index contributed by atoms with van der Waals surface area (Å²) in [6, 6.07) is 0. The van der Waals surface area contributed by atoms with Crippen LogP contribution in [0.3, 0.4) is 0 Å². The van der Waals surface area contributed by atoms with Gasteiger partial charge in [0.25, 0.3) is 0 Å². The van der Waals surface area contributed by atoms with E-state index in [9.17, 15) is 5.11 Å². The van der Waals surface area contributed by atoms with Crippen molar-refractivity contribution in [2.75, 3.05) is 21.3 Å². The molecule has 4 fully saturated rings. The van der Waals surface area contributed by atoms with Gasteiger partial charge in [-0.05, 0) is 26.7 Å². The molecule has 0 radical (unpaired) electrons. The Labute approximate surface area is 154 Å². The second-order valence-electron chi connectivity index (χ2n) is 8.04. The highest BCUT2D eigenvalue weighted by Gasteiger charge is 2.69. The lowest BCUT2D eigenvalue weighted by Gasteiger charge is -2.60. The van der Waals surface area contributed by atoms with Crippen LogP contribution in [0.1, 0.15) is 39.5 Å². The van der Waals surface area contributed by atoms with E-state index < -0.39 is 54.0 Å². The number of rotatable bonds is 3. The molecule has 0 aromatic carbocycles. The van der Waals surface area contributed by atoms with Crippen LogP contribution in [0.2, 0.25) is 0 Å². The molecule has 4 rings (SSSR count). The summed E-state index contributed by atoms with van der Waals surface area (Å²) in [4.78, 5) is 0. The van der Waals surface area contributed by atoms with Gasteiger partial charge in [0, 0.05) is 34.2 Å². The van der Waals surface area contributed by atoms with Crippen LogP contribution in [0.25, 0.3) is 0 Å². The molecule has 0 spiro atoms. The van der Waals surface area contributed by atoms with Crippen LogP contribution in [0, 0.1) is 0 Å². The highest BCUT2D eigenvalue weighted by Crippen LogP contribution is 2.52. The molecule has 8 heteroatoms. The molecule has 4 aliphatic rings. The van der Waals surface area contributed by atoms with Gasteiger partial charge in [-0.1, -0.05) is 0 Å². The van der Waals surface area contributed by atoms with E-state index in [1.165, 1.54) is 0 Å². The Morgan fingerprint density at radius 1 is 0.769 bits per heavy atom. The first-order valence-electron chi connectivity index (χ1n) is 9.34. The molecular formula is C18H30O8. The van der Waals surface area contributed by atoms with Gasteiger partial charge in [-0.25, -0.2) is 0 Å². The van der Waals surface area contributed by atoms with Crippen molar-refractivity contribution in [2.24, 2.45) is 0 Å². The molecule has 2 saturated carbocycles. The second-order valence-corrected chi connectivity index (χ2v) is 8.04. The summed E-state index contributed by atoms with van der Waals surface area (Å²) >= 11 is 0. The summed E-state index contributed by atoms with van der Waals surface area (Å²) in [5, 5.41) is 11.0. The van der Waals surface area contributed by atoms with Crippen LogP contribution in [0.4, 0.5) is 0 Å². The molecule has 1 N–H and O–H groups in total. The SMILES string of the molecule is CO[C@@H]1[C@H]2OC(C)(C)O[C@H]2[C@H](O)[C@@H]2O[C@]3(OC)CCCC[C@@]3(OC)O[C@@H]12. The fourth-order valence-electron chi connectivity index (χ4n) is 5.07. The Kier molecular flexibility index (Phi) is 4.65. The number of hydrogen-bond acceptors (Lipinski definition) is 8. The molecule has 0 amide bonds. The van der Waals surface area contributed by atoms with Gasteiger partial charge < -0.3 is 38.3 Å². The minimum Gasteiger partial charge on any atom is -0.387 e. The predicted molar refractivity (Wildman–Crippen MR) is 88.3 cm³/mol. The Hall–Kier alpha value is -0.320. The maximum Gasteiger partial charge on any atom is 0.223 e. The van der Waals surface area contributed by atoms with E-state index in [2.05, 4.69) is 0 Å². The minimum absolute atomic E-state index is 0.456. The van der Waals surface area contributed by atoms with E-state index in [1.807, 2.05) is 13.8 Å². The summed E-state index contributed by atoms with van der Waals surface area (Å²) in [7, 11) is 4.80. The molecule has 0 aromatic rings. The fraction of sp³-hybridized carbons (Fsp3) is 1.00. The van der Waals surface area contributed by atoms with Crippen molar-refractivity contribution in [3.05, 3.63) is 0 Å². The quantitative estimate of drug-likeness (QED) is 0.781. The number of fused-ring (bicyclic) bond motifs is 3. The summed E-state index contributed by atoms with van der Waals surface area (Å²) in [6.07, 6.45) is -0.488. The van der Waals surface area contributed by atoms with Gasteiger partial charge in [0.2, 0.25) is 11.6 Å². The molecule has 150 valence electrons. The van der Waals surface area contributed by atoms with Crippen molar-refractivity contribution in [1.29, 1.82) is 0 Å². The third-order valence-corrected chi connectivity index (χ3v) is 6.23. The van der Waals surface area contributed by atoms with Gasteiger partial charge in [-0.3, -0.25) is 0 Å². The Balaban J connectivity index is 1.72. The number of hydrogen-bond donors (Lipinski definition) is 1. The van der Waals surface area contributed by atoms with E-state index in [0.29, 0.717) is 12.8 Å². The molecule has 2 heterocycles. The smallest absolute Gasteiger partial charge is 0.223 e. The van der Waals surface area contributed by atoms with E-state index in [0.717, 1.165) is 12.8 Å². The van der Waals surface area contributed by atoms with E-state index in [4.69, 9.17) is 33.2 Å². The molecule has 2 aliphatic carbocycles. The summed E-state index contributed by atoms with van der Waals surface area (Å²) in [5.74, 6) is -2.92. The topological polar surface area (TPSA) is 84.8 Å². The minimum atomic E-state index is -1.07. The third kappa shape index (κ3) is 2.51. The molecule has 0 bridgehead atoms. The summed E-state index contributed by atoms with van der Waals surface area (Å²) < 4.78 is 42.2. The van der Waals surface area contributed by atoms with Crippen LogP contribution in [0.5, 0.6) is 0 Å². The molecule has 0 unspecified atom stereocenters. The van der Waals surface area contributed by atoms with Crippen molar-refractivity contribution in [2.45, 2.75) is 93.5 Å². The number of aliphatic hydroxyl groups is 1. The second kappa shape index (κ2) is 6.35. The zero-order valence-corrected chi connectivity index (χ0v) is 16.1. The van der Waals surface area contributed by atoms with Crippen molar-refractivity contribution in [3.8, 4) is 0 Å². The maximum absolute atomic E-state index is 11.0. The fourth-order valence-corrected chi connectivity index (χ4v) is 5.07. The Morgan fingerprint density at radius 3 is 1.77 bits per heavy atom. The average molecular weight is 374 g/mol. The lowest BCUT2D eigenvalue weighted by molar-refractivity contribution is -0.487. The molecule has 2 saturated heterocycles. The van der Waals surface area contributed by atoms with Gasteiger partial charge in [0.05, 0.1) is 0 Å². The van der Waals surface area contributed by atoms with Crippen LogP contribution in [0.15, 0.2) is 0 Å². The molecule has 0 aromatic heterocycles. The first kappa shape index (κ1) is 19.0. The maximum atomic E-state index is 11.0. The molecule has 8 atom stereocenters. The normalized spacial score (nSPS) is 52.8. The first-order chi connectivity index (χ1) is 12.3. The first-order valence-corrected chi connectivity index (χ1v) is 9.34. The van der Waals surface area contributed by atoms with Crippen LogP contribution in [-0.4, -0.2) is 80.4 Å². The van der Waals surface area contributed by atoms with Crippen LogP contribution in [-0.2, 0) is 33.2 Å². The van der Waals surface area contributed by atoms with Crippen molar-refractivity contribution in [3.63, 3.8) is 0 Å². The van der Waals surface area contributed by atoms with Crippen LogP contribution < -0.4 is 0 Å². The molecule has 26 heavy (non-hydrogen) atoms. The lowest BCUT2D eigenvalue weighted by Crippen LogP contribution is -2.76. The van der Waals surface area contributed by atoms with Crippen molar-refractivity contribution < 1.29 is 38.3 Å². The van der Waals surface area contributed by atoms with Gasteiger partial charge in [0.1, 0.15) is 36.6 Å². The zero-order chi connectivity index (χ0) is 18.7. The van der Waals surface area contributed by atoms with Gasteiger partial charge in [0.15, 0.2) is 5.79 Å². The van der Waals surface area contributed by atoms with Gasteiger partial charge >= 0.3 is 0 Å². The third-order valence-electron chi connectivity index (χ3n) is 6.23. The van der Waals surface area contributed by atoms with Gasteiger partial charge in [-0.15, -0.1) is 0 Å². The van der Waals surface area contributed by atoms with Gasteiger partial charge in [-0.2, -0.15) is 0 Å². The zero-order valence-electron chi connectivity index (χ0n) is 16.1.